The molecule has 1 fully saturated rings. The maximum Gasteiger partial charge on any atom is 0.417 e. The second-order valence-corrected chi connectivity index (χ2v) is 7.73. The maximum atomic E-state index is 12.8. The van der Waals surface area contributed by atoms with Crippen LogP contribution in [0.3, 0.4) is 0 Å². The molecule has 1 aromatic carbocycles. The van der Waals surface area contributed by atoms with Crippen LogP contribution in [-0.4, -0.2) is 47.4 Å². The van der Waals surface area contributed by atoms with Crippen LogP contribution in [0.15, 0.2) is 41.7 Å². The number of rotatable bonds is 3. The van der Waals surface area contributed by atoms with Crippen LogP contribution in [0.2, 0.25) is 5.02 Å². The average molecular weight is 440 g/mol. The van der Waals surface area contributed by atoms with Crippen molar-refractivity contribution in [3.8, 4) is 0 Å². The predicted octanol–water partition coefficient (Wildman–Crippen LogP) is 4.75. The Bertz CT molecular complexity index is 1040. The summed E-state index contributed by atoms with van der Waals surface area (Å²) in [4.78, 5) is 17.3. The van der Waals surface area contributed by atoms with E-state index >= 15 is 0 Å². The Morgan fingerprint density at radius 1 is 1.00 bits per heavy atom. The van der Waals surface area contributed by atoms with E-state index in [-0.39, 0.29) is 5.02 Å². The molecule has 29 heavy (non-hydrogen) atoms. The van der Waals surface area contributed by atoms with Crippen molar-refractivity contribution < 1.29 is 13.2 Å². The molecule has 0 saturated carbocycles. The highest BCUT2D eigenvalue weighted by Crippen LogP contribution is 2.34. The van der Waals surface area contributed by atoms with Crippen molar-refractivity contribution in [2.75, 3.05) is 42.2 Å². The summed E-state index contributed by atoms with van der Waals surface area (Å²) < 4.78 is 38.5. The number of pyridine rings is 1. The van der Waals surface area contributed by atoms with Gasteiger partial charge in [-0.1, -0.05) is 35.5 Å². The van der Waals surface area contributed by atoms with E-state index in [4.69, 9.17) is 11.6 Å². The fourth-order valence-electron chi connectivity index (χ4n) is 3.32. The van der Waals surface area contributed by atoms with Crippen LogP contribution in [-0.2, 0) is 6.18 Å². The van der Waals surface area contributed by atoms with E-state index in [1.807, 2.05) is 35.4 Å². The first kappa shape index (κ1) is 20.0. The molecule has 0 amide bonds. The van der Waals surface area contributed by atoms with Gasteiger partial charge < -0.3 is 9.80 Å². The Balaban J connectivity index is 1.56. The van der Waals surface area contributed by atoms with Crippen LogP contribution in [0.4, 0.5) is 24.8 Å². The Hall–Kier alpha value is -2.26. The first-order valence-corrected chi connectivity index (χ1v) is 10.5. The largest absolute Gasteiger partial charge is 0.417 e. The number of hydrogen-bond donors (Lipinski definition) is 0. The minimum atomic E-state index is -4.46. The van der Waals surface area contributed by atoms with E-state index in [0.29, 0.717) is 37.2 Å². The van der Waals surface area contributed by atoms with Gasteiger partial charge in [0.25, 0.3) is 0 Å². The van der Waals surface area contributed by atoms with Gasteiger partial charge in [0.2, 0.25) is 0 Å². The lowest BCUT2D eigenvalue weighted by Gasteiger charge is -2.36. The van der Waals surface area contributed by atoms with Crippen LogP contribution in [0.25, 0.3) is 10.9 Å². The van der Waals surface area contributed by atoms with Gasteiger partial charge in [-0.3, -0.25) is 0 Å². The molecule has 1 aliphatic rings. The number of nitrogens with zero attached hydrogens (tertiary/aromatic N) is 5. The van der Waals surface area contributed by atoms with Crippen molar-refractivity contribution in [3.63, 3.8) is 0 Å². The molecule has 1 aliphatic heterocycles. The quantitative estimate of drug-likeness (QED) is 0.433. The first-order chi connectivity index (χ1) is 13.9. The van der Waals surface area contributed by atoms with Gasteiger partial charge in [0.05, 0.1) is 16.1 Å². The molecule has 3 heterocycles. The fraction of sp³-hybridized carbons (Fsp3) is 0.316. The van der Waals surface area contributed by atoms with E-state index < -0.39 is 11.7 Å². The Morgan fingerprint density at radius 2 is 1.66 bits per heavy atom. The molecule has 0 N–H and O–H groups in total. The van der Waals surface area contributed by atoms with E-state index in [1.54, 1.807) is 0 Å². The number of para-hydroxylation sites is 1. The van der Waals surface area contributed by atoms with Crippen molar-refractivity contribution in [1.82, 2.24) is 15.0 Å². The summed E-state index contributed by atoms with van der Waals surface area (Å²) in [6.45, 7) is 2.44. The molecular formula is C19H17ClF3N5S. The van der Waals surface area contributed by atoms with Crippen LogP contribution in [0.1, 0.15) is 5.56 Å². The second-order valence-electron chi connectivity index (χ2n) is 6.55. The van der Waals surface area contributed by atoms with Crippen molar-refractivity contribution in [2.24, 2.45) is 0 Å². The Kier molecular flexibility index (Phi) is 5.44. The molecule has 0 bridgehead atoms. The fourth-order valence-corrected chi connectivity index (χ4v) is 3.97. The van der Waals surface area contributed by atoms with Crippen LogP contribution in [0.5, 0.6) is 0 Å². The van der Waals surface area contributed by atoms with E-state index in [1.165, 1.54) is 11.8 Å². The third kappa shape index (κ3) is 4.06. The van der Waals surface area contributed by atoms with Gasteiger partial charge in [0, 0.05) is 37.8 Å². The van der Waals surface area contributed by atoms with Gasteiger partial charge in [0.15, 0.2) is 5.16 Å². The lowest BCUT2D eigenvalue weighted by molar-refractivity contribution is -0.137. The van der Waals surface area contributed by atoms with Crippen molar-refractivity contribution in [1.29, 1.82) is 0 Å². The Morgan fingerprint density at radius 3 is 2.28 bits per heavy atom. The third-order valence-electron chi connectivity index (χ3n) is 4.77. The van der Waals surface area contributed by atoms with Gasteiger partial charge in [-0.05, 0) is 24.5 Å². The van der Waals surface area contributed by atoms with Crippen molar-refractivity contribution in [2.45, 2.75) is 11.3 Å². The normalized spacial score (nSPS) is 15.2. The van der Waals surface area contributed by atoms with Crippen LogP contribution in [0, 0.1) is 0 Å². The molecular weight excluding hydrogens is 423 g/mol. The summed E-state index contributed by atoms with van der Waals surface area (Å²) in [7, 11) is 0. The predicted molar refractivity (Wildman–Crippen MR) is 110 cm³/mol. The zero-order chi connectivity index (χ0) is 20.6. The van der Waals surface area contributed by atoms with E-state index in [0.717, 1.165) is 29.0 Å². The van der Waals surface area contributed by atoms with Crippen LogP contribution < -0.4 is 9.80 Å². The lowest BCUT2D eigenvalue weighted by atomic mass is 10.2. The molecule has 0 aliphatic carbocycles. The summed E-state index contributed by atoms with van der Waals surface area (Å²) >= 11 is 7.58. The zero-order valence-corrected chi connectivity index (χ0v) is 17.0. The maximum absolute atomic E-state index is 12.8. The molecule has 0 spiro atoms. The monoisotopic (exact) mass is 439 g/mol. The highest BCUT2D eigenvalue weighted by atomic mass is 35.5. The third-order valence-corrected chi connectivity index (χ3v) is 5.60. The van der Waals surface area contributed by atoms with Gasteiger partial charge in [-0.15, -0.1) is 0 Å². The van der Waals surface area contributed by atoms with Crippen LogP contribution >= 0.6 is 23.4 Å². The summed E-state index contributed by atoms with van der Waals surface area (Å²) in [5.74, 6) is 1.24. The minimum absolute atomic E-state index is 0.00503. The average Bonchev–Trinajstić information content (AvgIpc) is 2.72. The molecule has 5 nitrogen and oxygen atoms in total. The second kappa shape index (κ2) is 7.87. The molecule has 2 aromatic heterocycles. The molecule has 0 unspecified atom stereocenters. The van der Waals surface area contributed by atoms with Crippen molar-refractivity contribution >= 4 is 45.9 Å². The topological polar surface area (TPSA) is 45.2 Å². The SMILES string of the molecule is CSc1nc(N2CCN(c3ncc(C(F)(F)F)cc3Cl)CC2)c2ccccc2n1. The summed E-state index contributed by atoms with van der Waals surface area (Å²) in [6, 6.07) is 8.78. The first-order valence-electron chi connectivity index (χ1n) is 8.90. The molecule has 4 rings (SSSR count). The molecule has 3 aromatic rings. The molecule has 152 valence electrons. The number of alkyl halides is 3. The van der Waals surface area contributed by atoms with Crippen molar-refractivity contribution in [3.05, 3.63) is 47.1 Å². The highest BCUT2D eigenvalue weighted by molar-refractivity contribution is 7.98. The number of halogens is 4. The molecule has 1 saturated heterocycles. The number of piperazine rings is 1. The van der Waals surface area contributed by atoms with E-state index in [2.05, 4.69) is 19.9 Å². The molecule has 10 heteroatoms. The standard InChI is InChI=1S/C19H17ClF3N5S/c1-29-18-25-15-5-3-2-4-13(15)16(26-18)27-6-8-28(9-7-27)17-14(20)10-12(11-24-17)19(21,22)23/h2-5,10-11H,6-9H2,1H3. The summed E-state index contributed by atoms with van der Waals surface area (Å²) in [5.41, 5.74) is 0.0404. The number of thioether (sulfide) groups is 1. The number of aromatic nitrogens is 3. The number of benzene rings is 1. The molecule has 0 radical (unpaired) electrons. The van der Waals surface area contributed by atoms with Gasteiger partial charge in [-0.25, -0.2) is 15.0 Å². The highest BCUT2D eigenvalue weighted by Gasteiger charge is 2.32. The Labute approximate surface area is 174 Å². The summed E-state index contributed by atoms with van der Waals surface area (Å²) in [5, 5.41) is 1.68. The smallest absolute Gasteiger partial charge is 0.352 e. The van der Waals surface area contributed by atoms with Gasteiger partial charge >= 0.3 is 6.18 Å². The van der Waals surface area contributed by atoms with Gasteiger partial charge in [-0.2, -0.15) is 13.2 Å². The lowest BCUT2D eigenvalue weighted by Crippen LogP contribution is -2.47. The number of anilines is 2. The van der Waals surface area contributed by atoms with E-state index in [9.17, 15) is 13.2 Å². The molecule has 0 atom stereocenters. The zero-order valence-electron chi connectivity index (χ0n) is 15.4. The number of fused-ring (bicyclic) bond motifs is 1. The van der Waals surface area contributed by atoms with Gasteiger partial charge in [0.1, 0.15) is 11.6 Å². The number of hydrogen-bond acceptors (Lipinski definition) is 6. The minimum Gasteiger partial charge on any atom is -0.352 e. The summed E-state index contributed by atoms with van der Waals surface area (Å²) in [6.07, 6.45) is -1.70.